The number of nitrogens with two attached hydrogens (primary N) is 1. The lowest BCUT2D eigenvalue weighted by atomic mass is 9.90. The van der Waals surface area contributed by atoms with Crippen LogP contribution in [-0.2, 0) is 9.59 Å². The van der Waals surface area contributed by atoms with Crippen molar-refractivity contribution in [3.63, 3.8) is 0 Å². The van der Waals surface area contributed by atoms with E-state index >= 15 is 0 Å². The number of carbonyl (C=O) groups excluding carboxylic acids is 2. The van der Waals surface area contributed by atoms with Crippen LogP contribution in [0.1, 0.15) is 24.3 Å². The molecule has 2 heterocycles. The van der Waals surface area contributed by atoms with Crippen LogP contribution in [0.2, 0.25) is 0 Å². The summed E-state index contributed by atoms with van der Waals surface area (Å²) < 4.78 is 0. The highest BCUT2D eigenvalue weighted by molar-refractivity contribution is 6.01. The average Bonchev–Trinajstić information content (AvgIpc) is 2.38. The summed E-state index contributed by atoms with van der Waals surface area (Å²) in [6, 6.07) is 9.33. The van der Waals surface area contributed by atoms with Crippen molar-refractivity contribution in [1.29, 1.82) is 0 Å². The van der Waals surface area contributed by atoms with Crippen molar-refractivity contribution >= 4 is 28.5 Å². The fraction of sp³-hybridized carbons (Fsp3) is 0.214. The standard InChI is InChI=1S/C14H13N3O2/c15-12-5-3-8-1-2-9(7-11(8)16-12)10-4-6-13(18)17-14(10)19/h1-3,5,7,10H,4,6H2,(H2,15,16)(H,17,18,19). The van der Waals surface area contributed by atoms with Crippen molar-refractivity contribution in [3.05, 3.63) is 35.9 Å². The largest absolute Gasteiger partial charge is 0.384 e. The van der Waals surface area contributed by atoms with Gasteiger partial charge in [-0.25, -0.2) is 4.98 Å². The molecule has 2 amide bonds. The molecule has 1 atom stereocenters. The van der Waals surface area contributed by atoms with Gasteiger partial charge in [0, 0.05) is 11.8 Å². The molecule has 1 unspecified atom stereocenters. The molecule has 3 rings (SSSR count). The fourth-order valence-corrected chi connectivity index (χ4v) is 2.38. The number of carbonyl (C=O) groups is 2. The topological polar surface area (TPSA) is 85.1 Å². The Kier molecular flexibility index (Phi) is 2.67. The van der Waals surface area contributed by atoms with Gasteiger partial charge in [-0.15, -0.1) is 0 Å². The molecular weight excluding hydrogens is 242 g/mol. The van der Waals surface area contributed by atoms with Crippen molar-refractivity contribution in [1.82, 2.24) is 10.3 Å². The summed E-state index contributed by atoms with van der Waals surface area (Å²) in [5.74, 6) is -0.276. The molecule has 5 heteroatoms. The first-order valence-electron chi connectivity index (χ1n) is 6.13. The molecule has 3 N–H and O–H groups in total. The number of hydrogen-bond acceptors (Lipinski definition) is 4. The Bertz CT molecular complexity index is 681. The Labute approximate surface area is 109 Å². The molecule has 0 saturated carbocycles. The molecule has 19 heavy (non-hydrogen) atoms. The van der Waals surface area contributed by atoms with E-state index in [1.54, 1.807) is 6.07 Å². The van der Waals surface area contributed by atoms with Gasteiger partial charge in [0.1, 0.15) is 5.82 Å². The fourth-order valence-electron chi connectivity index (χ4n) is 2.38. The molecule has 0 spiro atoms. The predicted octanol–water partition coefficient (Wildman–Crippen LogP) is 1.34. The van der Waals surface area contributed by atoms with E-state index in [1.807, 2.05) is 24.3 Å². The number of pyridine rings is 1. The van der Waals surface area contributed by atoms with Crippen molar-refractivity contribution in [3.8, 4) is 0 Å². The molecule has 5 nitrogen and oxygen atoms in total. The number of nitrogens with zero attached hydrogens (tertiary/aromatic N) is 1. The number of hydrogen-bond donors (Lipinski definition) is 2. The van der Waals surface area contributed by atoms with E-state index in [0.29, 0.717) is 18.7 Å². The number of nitrogens with one attached hydrogen (secondary N) is 1. The first-order chi connectivity index (χ1) is 9.13. The van der Waals surface area contributed by atoms with Gasteiger partial charge in [-0.05, 0) is 30.2 Å². The molecule has 1 aliphatic rings. The number of benzene rings is 1. The number of rotatable bonds is 1. The zero-order valence-corrected chi connectivity index (χ0v) is 10.2. The smallest absolute Gasteiger partial charge is 0.234 e. The van der Waals surface area contributed by atoms with E-state index < -0.39 is 0 Å². The van der Waals surface area contributed by atoms with Crippen LogP contribution in [-0.4, -0.2) is 16.8 Å². The molecule has 1 saturated heterocycles. The van der Waals surface area contributed by atoms with E-state index in [2.05, 4.69) is 10.3 Å². The summed E-state index contributed by atoms with van der Waals surface area (Å²) in [6.07, 6.45) is 0.914. The van der Waals surface area contributed by atoms with E-state index in [4.69, 9.17) is 5.73 Å². The van der Waals surface area contributed by atoms with Crippen molar-refractivity contribution in [2.45, 2.75) is 18.8 Å². The highest BCUT2D eigenvalue weighted by Crippen LogP contribution is 2.27. The minimum Gasteiger partial charge on any atom is -0.384 e. The van der Waals surface area contributed by atoms with Gasteiger partial charge in [0.25, 0.3) is 0 Å². The normalized spacial score (nSPS) is 19.5. The lowest BCUT2D eigenvalue weighted by Crippen LogP contribution is -2.39. The van der Waals surface area contributed by atoms with Crippen LogP contribution in [0.4, 0.5) is 5.82 Å². The Balaban J connectivity index is 2.01. The third-order valence-corrected chi connectivity index (χ3v) is 3.38. The molecule has 0 aliphatic carbocycles. The molecular formula is C14H13N3O2. The molecule has 1 aromatic heterocycles. The monoisotopic (exact) mass is 255 g/mol. The average molecular weight is 255 g/mol. The number of aromatic nitrogens is 1. The number of nitrogen functional groups attached to an aromatic ring is 1. The highest BCUT2D eigenvalue weighted by Gasteiger charge is 2.27. The van der Waals surface area contributed by atoms with Gasteiger partial charge in [-0.2, -0.15) is 0 Å². The quantitative estimate of drug-likeness (QED) is 0.753. The van der Waals surface area contributed by atoms with Crippen molar-refractivity contribution < 1.29 is 9.59 Å². The van der Waals surface area contributed by atoms with Gasteiger partial charge in [0.2, 0.25) is 11.8 Å². The van der Waals surface area contributed by atoms with Crippen molar-refractivity contribution in [2.24, 2.45) is 0 Å². The molecule has 2 aromatic rings. The first-order valence-corrected chi connectivity index (χ1v) is 6.13. The molecule has 1 aliphatic heterocycles. The van der Waals surface area contributed by atoms with Gasteiger partial charge in [-0.1, -0.05) is 12.1 Å². The Morgan fingerprint density at radius 3 is 2.79 bits per heavy atom. The van der Waals surface area contributed by atoms with Crippen LogP contribution in [0.15, 0.2) is 30.3 Å². The van der Waals surface area contributed by atoms with Gasteiger partial charge in [0.15, 0.2) is 0 Å². The summed E-state index contributed by atoms with van der Waals surface area (Å²) in [4.78, 5) is 27.2. The van der Waals surface area contributed by atoms with Crippen LogP contribution in [0.3, 0.4) is 0 Å². The molecule has 96 valence electrons. The second kappa shape index (κ2) is 4.35. The van der Waals surface area contributed by atoms with Crippen LogP contribution < -0.4 is 11.1 Å². The minimum atomic E-state index is -0.287. The van der Waals surface area contributed by atoms with E-state index in [0.717, 1.165) is 16.5 Å². The molecule has 1 fully saturated rings. The van der Waals surface area contributed by atoms with Gasteiger partial charge in [0.05, 0.1) is 11.4 Å². The second-order valence-corrected chi connectivity index (χ2v) is 4.69. The highest BCUT2D eigenvalue weighted by atomic mass is 16.2. The van der Waals surface area contributed by atoms with Crippen LogP contribution in [0, 0.1) is 0 Å². The number of amides is 2. The third kappa shape index (κ3) is 2.14. The zero-order valence-electron chi connectivity index (χ0n) is 10.2. The summed E-state index contributed by atoms with van der Waals surface area (Å²) >= 11 is 0. The number of piperidine rings is 1. The van der Waals surface area contributed by atoms with Gasteiger partial charge < -0.3 is 5.73 Å². The predicted molar refractivity (Wildman–Crippen MR) is 71.3 cm³/mol. The number of anilines is 1. The minimum absolute atomic E-state index is 0.204. The molecule has 0 bridgehead atoms. The molecule has 0 radical (unpaired) electrons. The first kappa shape index (κ1) is 11.6. The number of imide groups is 1. The maximum atomic E-state index is 11.8. The van der Waals surface area contributed by atoms with E-state index in [9.17, 15) is 9.59 Å². The molecule has 1 aromatic carbocycles. The maximum absolute atomic E-state index is 11.8. The number of fused-ring (bicyclic) bond motifs is 1. The van der Waals surface area contributed by atoms with Crippen LogP contribution in [0.25, 0.3) is 10.9 Å². The van der Waals surface area contributed by atoms with Gasteiger partial charge in [-0.3, -0.25) is 14.9 Å². The summed E-state index contributed by atoms with van der Waals surface area (Å²) in [6.45, 7) is 0. The van der Waals surface area contributed by atoms with E-state index in [1.165, 1.54) is 0 Å². The lowest BCUT2D eigenvalue weighted by molar-refractivity contribution is -0.134. The van der Waals surface area contributed by atoms with Crippen LogP contribution in [0.5, 0.6) is 0 Å². The second-order valence-electron chi connectivity index (χ2n) is 4.69. The summed E-state index contributed by atoms with van der Waals surface area (Å²) in [5.41, 5.74) is 7.30. The third-order valence-electron chi connectivity index (χ3n) is 3.38. The Morgan fingerprint density at radius 2 is 2.00 bits per heavy atom. The lowest BCUT2D eigenvalue weighted by Gasteiger charge is -2.21. The summed E-state index contributed by atoms with van der Waals surface area (Å²) in [5, 5.41) is 3.34. The van der Waals surface area contributed by atoms with Gasteiger partial charge >= 0.3 is 0 Å². The van der Waals surface area contributed by atoms with Crippen molar-refractivity contribution in [2.75, 3.05) is 5.73 Å². The Hall–Kier alpha value is -2.43. The maximum Gasteiger partial charge on any atom is 0.234 e. The van der Waals surface area contributed by atoms with E-state index in [-0.39, 0.29) is 17.7 Å². The summed E-state index contributed by atoms with van der Waals surface area (Å²) in [7, 11) is 0. The zero-order chi connectivity index (χ0) is 13.4. The Morgan fingerprint density at radius 1 is 1.21 bits per heavy atom. The SMILES string of the molecule is Nc1ccc2ccc(C3CCC(=O)NC3=O)cc2n1. The van der Waals surface area contributed by atoms with Crippen LogP contribution >= 0.6 is 0 Å².